The SMILES string of the molecule is COCC(C)CNC(=O)c1ccc(OC)c(O)c1. The number of phenolic OH excluding ortho intramolecular Hbond substituents is 1. The van der Waals surface area contributed by atoms with Crippen LogP contribution < -0.4 is 10.1 Å². The molecule has 0 saturated heterocycles. The largest absolute Gasteiger partial charge is 0.504 e. The number of hydrogen-bond acceptors (Lipinski definition) is 4. The van der Waals surface area contributed by atoms with Gasteiger partial charge in [0, 0.05) is 19.2 Å². The van der Waals surface area contributed by atoms with Crippen molar-refractivity contribution in [3.05, 3.63) is 23.8 Å². The van der Waals surface area contributed by atoms with Gasteiger partial charge in [-0.25, -0.2) is 0 Å². The highest BCUT2D eigenvalue weighted by Crippen LogP contribution is 2.26. The number of methoxy groups -OCH3 is 2. The highest BCUT2D eigenvalue weighted by atomic mass is 16.5. The van der Waals surface area contributed by atoms with Gasteiger partial charge in [-0.2, -0.15) is 0 Å². The molecule has 1 rings (SSSR count). The van der Waals surface area contributed by atoms with E-state index in [0.717, 1.165) is 0 Å². The Morgan fingerprint density at radius 2 is 2.17 bits per heavy atom. The van der Waals surface area contributed by atoms with Crippen molar-refractivity contribution in [2.75, 3.05) is 27.4 Å². The summed E-state index contributed by atoms with van der Waals surface area (Å²) in [7, 11) is 3.08. The first-order valence-electron chi connectivity index (χ1n) is 5.72. The van der Waals surface area contributed by atoms with Gasteiger partial charge >= 0.3 is 0 Å². The molecule has 0 aromatic heterocycles. The summed E-state index contributed by atoms with van der Waals surface area (Å²) in [5.74, 6) is 0.316. The summed E-state index contributed by atoms with van der Waals surface area (Å²) >= 11 is 0. The molecule has 5 nitrogen and oxygen atoms in total. The number of hydrogen-bond donors (Lipinski definition) is 2. The maximum Gasteiger partial charge on any atom is 0.251 e. The Hall–Kier alpha value is -1.75. The molecule has 1 aromatic carbocycles. The molecule has 0 spiro atoms. The molecular formula is C13H19NO4. The number of carbonyl (C=O) groups excluding carboxylic acids is 1. The molecule has 1 aromatic rings. The van der Waals surface area contributed by atoms with Crippen LogP contribution in [0.15, 0.2) is 18.2 Å². The molecule has 0 aliphatic heterocycles. The molecule has 0 saturated carbocycles. The molecule has 0 bridgehead atoms. The minimum Gasteiger partial charge on any atom is -0.504 e. The van der Waals surface area contributed by atoms with Crippen molar-refractivity contribution in [2.45, 2.75) is 6.92 Å². The number of nitrogens with one attached hydrogen (secondary N) is 1. The minimum absolute atomic E-state index is 0.0462. The molecule has 1 unspecified atom stereocenters. The summed E-state index contributed by atoms with van der Waals surface area (Å²) in [6, 6.07) is 4.55. The third kappa shape index (κ3) is 3.92. The van der Waals surface area contributed by atoms with Crippen molar-refractivity contribution in [1.29, 1.82) is 0 Å². The summed E-state index contributed by atoms with van der Waals surface area (Å²) in [6.45, 7) is 3.10. The molecule has 100 valence electrons. The molecule has 5 heteroatoms. The first kappa shape index (κ1) is 14.3. The van der Waals surface area contributed by atoms with Crippen molar-refractivity contribution >= 4 is 5.91 Å². The number of amides is 1. The molecule has 0 heterocycles. The Labute approximate surface area is 107 Å². The van der Waals surface area contributed by atoms with Crippen molar-refractivity contribution in [2.24, 2.45) is 5.92 Å². The predicted molar refractivity (Wildman–Crippen MR) is 68.0 cm³/mol. The summed E-state index contributed by atoms with van der Waals surface area (Å²) in [5.41, 5.74) is 0.401. The van der Waals surface area contributed by atoms with E-state index in [0.29, 0.717) is 24.5 Å². The normalized spacial score (nSPS) is 11.9. The third-order valence-electron chi connectivity index (χ3n) is 2.50. The predicted octanol–water partition coefficient (Wildman–Crippen LogP) is 1.41. The fraction of sp³-hybridized carbons (Fsp3) is 0.462. The van der Waals surface area contributed by atoms with Gasteiger partial charge in [0.2, 0.25) is 0 Å². The zero-order valence-electron chi connectivity index (χ0n) is 10.9. The van der Waals surface area contributed by atoms with E-state index in [1.165, 1.54) is 13.2 Å². The van der Waals surface area contributed by atoms with Gasteiger partial charge in [0.1, 0.15) is 0 Å². The Morgan fingerprint density at radius 3 is 2.72 bits per heavy atom. The number of aromatic hydroxyl groups is 1. The standard InChI is InChI=1S/C13H19NO4/c1-9(8-17-2)7-14-13(16)10-4-5-12(18-3)11(15)6-10/h4-6,9,15H,7-8H2,1-3H3,(H,14,16). The van der Waals surface area contributed by atoms with Gasteiger partial charge in [-0.1, -0.05) is 6.92 Å². The van der Waals surface area contributed by atoms with E-state index in [1.54, 1.807) is 19.2 Å². The fourth-order valence-corrected chi connectivity index (χ4v) is 1.54. The first-order chi connectivity index (χ1) is 8.58. The van der Waals surface area contributed by atoms with E-state index in [-0.39, 0.29) is 17.6 Å². The van der Waals surface area contributed by atoms with E-state index in [1.807, 2.05) is 6.92 Å². The number of benzene rings is 1. The zero-order chi connectivity index (χ0) is 13.5. The van der Waals surface area contributed by atoms with E-state index >= 15 is 0 Å². The van der Waals surface area contributed by atoms with E-state index in [4.69, 9.17) is 9.47 Å². The number of phenols is 1. The molecule has 18 heavy (non-hydrogen) atoms. The second-order valence-electron chi connectivity index (χ2n) is 4.16. The minimum atomic E-state index is -0.226. The number of carbonyl (C=O) groups is 1. The molecule has 0 fully saturated rings. The topological polar surface area (TPSA) is 67.8 Å². The summed E-state index contributed by atoms with van der Waals surface area (Å²) < 4.78 is 9.89. The zero-order valence-corrected chi connectivity index (χ0v) is 10.9. The van der Waals surface area contributed by atoms with Gasteiger partial charge in [-0.3, -0.25) is 4.79 Å². The van der Waals surface area contributed by atoms with Gasteiger partial charge in [0.15, 0.2) is 11.5 Å². The molecule has 1 atom stereocenters. The lowest BCUT2D eigenvalue weighted by Crippen LogP contribution is -2.29. The Bertz CT molecular complexity index is 406. The van der Waals surface area contributed by atoms with E-state index in [9.17, 15) is 9.90 Å². The van der Waals surface area contributed by atoms with E-state index in [2.05, 4.69) is 5.32 Å². The van der Waals surface area contributed by atoms with Crippen LogP contribution in [-0.4, -0.2) is 38.4 Å². The summed E-state index contributed by atoms with van der Waals surface area (Å²) in [4.78, 5) is 11.8. The van der Waals surface area contributed by atoms with Crippen LogP contribution in [0.4, 0.5) is 0 Å². The number of rotatable bonds is 6. The van der Waals surface area contributed by atoms with E-state index < -0.39 is 0 Å². The van der Waals surface area contributed by atoms with Crippen molar-refractivity contribution in [1.82, 2.24) is 5.32 Å². The maximum absolute atomic E-state index is 11.8. The van der Waals surface area contributed by atoms with Crippen molar-refractivity contribution in [3.63, 3.8) is 0 Å². The van der Waals surface area contributed by atoms with Crippen molar-refractivity contribution < 1.29 is 19.4 Å². The van der Waals surface area contributed by atoms with Crippen LogP contribution in [0.5, 0.6) is 11.5 Å². The fourth-order valence-electron chi connectivity index (χ4n) is 1.54. The van der Waals surface area contributed by atoms with Crippen LogP contribution in [0.3, 0.4) is 0 Å². The van der Waals surface area contributed by atoms with Crippen LogP contribution in [0.25, 0.3) is 0 Å². The quantitative estimate of drug-likeness (QED) is 0.804. The maximum atomic E-state index is 11.8. The molecule has 0 radical (unpaired) electrons. The first-order valence-corrected chi connectivity index (χ1v) is 5.72. The summed E-state index contributed by atoms with van der Waals surface area (Å²) in [6.07, 6.45) is 0. The Morgan fingerprint density at radius 1 is 1.44 bits per heavy atom. The van der Waals surface area contributed by atoms with Gasteiger partial charge in [0.05, 0.1) is 13.7 Å². The van der Waals surface area contributed by atoms with Gasteiger partial charge in [-0.05, 0) is 24.1 Å². The lowest BCUT2D eigenvalue weighted by molar-refractivity contribution is 0.0933. The lowest BCUT2D eigenvalue weighted by Gasteiger charge is -2.12. The highest BCUT2D eigenvalue weighted by Gasteiger charge is 2.10. The van der Waals surface area contributed by atoms with Gasteiger partial charge in [-0.15, -0.1) is 0 Å². The van der Waals surface area contributed by atoms with Crippen LogP contribution >= 0.6 is 0 Å². The molecule has 0 aliphatic rings. The molecule has 2 N–H and O–H groups in total. The average molecular weight is 253 g/mol. The average Bonchev–Trinajstić information content (AvgIpc) is 2.36. The van der Waals surface area contributed by atoms with Crippen LogP contribution in [0, 0.1) is 5.92 Å². The second-order valence-corrected chi connectivity index (χ2v) is 4.16. The van der Waals surface area contributed by atoms with Crippen LogP contribution in [0.2, 0.25) is 0 Å². The van der Waals surface area contributed by atoms with Crippen LogP contribution in [0.1, 0.15) is 17.3 Å². The Balaban J connectivity index is 2.59. The van der Waals surface area contributed by atoms with Gasteiger partial charge < -0.3 is 19.9 Å². The monoisotopic (exact) mass is 253 g/mol. The Kier molecular flexibility index (Phi) is 5.45. The molecule has 1 amide bonds. The number of ether oxygens (including phenoxy) is 2. The molecule has 0 aliphatic carbocycles. The van der Waals surface area contributed by atoms with Crippen LogP contribution in [-0.2, 0) is 4.74 Å². The smallest absolute Gasteiger partial charge is 0.251 e. The summed E-state index contributed by atoms with van der Waals surface area (Å²) in [5, 5.41) is 12.4. The second kappa shape index (κ2) is 6.86. The van der Waals surface area contributed by atoms with Crippen molar-refractivity contribution in [3.8, 4) is 11.5 Å². The lowest BCUT2D eigenvalue weighted by atomic mass is 10.1. The molecular weight excluding hydrogens is 234 g/mol. The van der Waals surface area contributed by atoms with Gasteiger partial charge in [0.25, 0.3) is 5.91 Å². The third-order valence-corrected chi connectivity index (χ3v) is 2.50. The highest BCUT2D eigenvalue weighted by molar-refractivity contribution is 5.94.